The van der Waals surface area contributed by atoms with Gasteiger partial charge in [-0.05, 0) is 24.3 Å². The number of rotatable bonds is 3. The Labute approximate surface area is 94.4 Å². The molecule has 1 aromatic heterocycles. The number of likely N-dealkylation sites (N-methyl/N-ethyl adjacent to an activating group) is 1. The summed E-state index contributed by atoms with van der Waals surface area (Å²) in [6.45, 7) is 4.18. The Hall–Kier alpha value is -2.03. The lowest BCUT2D eigenvalue weighted by atomic mass is 10.1. The van der Waals surface area contributed by atoms with E-state index >= 15 is 0 Å². The van der Waals surface area contributed by atoms with Gasteiger partial charge in [-0.3, -0.25) is 4.79 Å². The smallest absolute Gasteiger partial charge is 0.253 e. The van der Waals surface area contributed by atoms with Crippen LogP contribution >= 0.6 is 0 Å². The fourth-order valence-corrected chi connectivity index (χ4v) is 1.68. The van der Waals surface area contributed by atoms with Crippen molar-refractivity contribution < 1.29 is 4.79 Å². The number of carbonyl (C=O) groups is 1. The van der Waals surface area contributed by atoms with Gasteiger partial charge in [-0.2, -0.15) is 0 Å². The number of hydrogen-bond acceptors (Lipinski definition) is 1. The van der Waals surface area contributed by atoms with E-state index in [-0.39, 0.29) is 5.91 Å². The van der Waals surface area contributed by atoms with E-state index in [4.69, 9.17) is 0 Å². The number of fused-ring (bicyclic) bond motifs is 1. The minimum Gasteiger partial charge on any atom is -0.361 e. The van der Waals surface area contributed by atoms with E-state index in [1.165, 1.54) is 0 Å². The molecule has 0 saturated heterocycles. The predicted molar refractivity (Wildman–Crippen MR) is 65.5 cm³/mol. The first-order valence-electron chi connectivity index (χ1n) is 5.16. The lowest BCUT2D eigenvalue weighted by Crippen LogP contribution is -2.26. The van der Waals surface area contributed by atoms with Crippen LogP contribution in [0.2, 0.25) is 0 Å². The van der Waals surface area contributed by atoms with Crippen LogP contribution in [0.4, 0.5) is 0 Å². The van der Waals surface area contributed by atoms with Gasteiger partial charge in [0, 0.05) is 36.3 Å². The largest absolute Gasteiger partial charge is 0.361 e. The van der Waals surface area contributed by atoms with Gasteiger partial charge in [0.15, 0.2) is 0 Å². The van der Waals surface area contributed by atoms with Crippen molar-refractivity contribution in [1.29, 1.82) is 0 Å². The van der Waals surface area contributed by atoms with Crippen LogP contribution in [0.25, 0.3) is 10.9 Å². The molecule has 16 heavy (non-hydrogen) atoms. The number of benzene rings is 1. The third-order valence-corrected chi connectivity index (χ3v) is 2.55. The summed E-state index contributed by atoms with van der Waals surface area (Å²) in [6, 6.07) is 7.61. The summed E-state index contributed by atoms with van der Waals surface area (Å²) in [5.74, 6) is 0.0167. The molecule has 0 fully saturated rings. The van der Waals surface area contributed by atoms with Gasteiger partial charge in [-0.15, -0.1) is 6.58 Å². The molecule has 3 heteroatoms. The van der Waals surface area contributed by atoms with Crippen molar-refractivity contribution >= 4 is 16.8 Å². The van der Waals surface area contributed by atoms with Crippen LogP contribution in [0.1, 0.15) is 10.4 Å². The molecular formula is C13H14N2O. The maximum absolute atomic E-state index is 12.0. The monoisotopic (exact) mass is 214 g/mol. The van der Waals surface area contributed by atoms with Gasteiger partial charge >= 0.3 is 0 Å². The molecule has 0 atom stereocenters. The quantitative estimate of drug-likeness (QED) is 0.783. The maximum Gasteiger partial charge on any atom is 0.253 e. The third-order valence-electron chi connectivity index (χ3n) is 2.55. The number of hydrogen-bond donors (Lipinski definition) is 1. The molecular weight excluding hydrogens is 200 g/mol. The molecule has 0 saturated carbocycles. The number of nitrogens with one attached hydrogen (secondary N) is 1. The number of H-pyrrole nitrogens is 1. The molecule has 3 nitrogen and oxygen atoms in total. The van der Waals surface area contributed by atoms with E-state index in [9.17, 15) is 4.79 Å². The minimum atomic E-state index is 0.0167. The summed E-state index contributed by atoms with van der Waals surface area (Å²) < 4.78 is 0. The summed E-state index contributed by atoms with van der Waals surface area (Å²) in [4.78, 5) is 16.7. The van der Waals surface area contributed by atoms with E-state index in [1.54, 1.807) is 18.0 Å². The molecule has 0 aliphatic heterocycles. The Bertz CT molecular complexity index is 527. The Kier molecular flexibility index (Phi) is 2.77. The molecule has 1 N–H and O–H groups in total. The van der Waals surface area contributed by atoms with Crippen molar-refractivity contribution in [3.63, 3.8) is 0 Å². The van der Waals surface area contributed by atoms with Crippen molar-refractivity contribution in [2.75, 3.05) is 13.6 Å². The molecule has 0 radical (unpaired) electrons. The van der Waals surface area contributed by atoms with Crippen molar-refractivity contribution in [3.05, 3.63) is 48.7 Å². The van der Waals surface area contributed by atoms with Crippen LogP contribution in [0.3, 0.4) is 0 Å². The molecule has 0 bridgehead atoms. The molecule has 1 aromatic carbocycles. The molecule has 0 aliphatic carbocycles. The fourth-order valence-electron chi connectivity index (χ4n) is 1.68. The highest BCUT2D eigenvalue weighted by atomic mass is 16.2. The Morgan fingerprint density at radius 2 is 2.31 bits per heavy atom. The summed E-state index contributed by atoms with van der Waals surface area (Å²) in [7, 11) is 1.77. The van der Waals surface area contributed by atoms with Crippen LogP contribution < -0.4 is 0 Å². The number of aromatic nitrogens is 1. The van der Waals surface area contributed by atoms with Crippen molar-refractivity contribution in [2.45, 2.75) is 0 Å². The lowest BCUT2D eigenvalue weighted by Gasteiger charge is -2.14. The third kappa shape index (κ3) is 1.84. The molecule has 0 unspecified atom stereocenters. The molecule has 1 amide bonds. The Balaban J connectivity index is 2.32. The number of nitrogens with zero attached hydrogens (tertiary/aromatic N) is 1. The van der Waals surface area contributed by atoms with Gasteiger partial charge in [0.2, 0.25) is 0 Å². The first-order valence-corrected chi connectivity index (χ1v) is 5.16. The zero-order valence-corrected chi connectivity index (χ0v) is 9.23. The van der Waals surface area contributed by atoms with Crippen molar-refractivity contribution in [2.24, 2.45) is 0 Å². The minimum absolute atomic E-state index is 0.0167. The van der Waals surface area contributed by atoms with Gasteiger partial charge in [0.05, 0.1) is 0 Å². The summed E-state index contributed by atoms with van der Waals surface area (Å²) >= 11 is 0. The maximum atomic E-state index is 12.0. The zero-order chi connectivity index (χ0) is 11.5. The lowest BCUT2D eigenvalue weighted by molar-refractivity contribution is 0.0810. The Morgan fingerprint density at radius 1 is 1.50 bits per heavy atom. The Morgan fingerprint density at radius 3 is 3.06 bits per heavy atom. The van der Waals surface area contributed by atoms with Gasteiger partial charge in [0.1, 0.15) is 0 Å². The molecule has 0 spiro atoms. The van der Waals surface area contributed by atoms with Gasteiger partial charge in [-0.25, -0.2) is 0 Å². The first-order chi connectivity index (χ1) is 7.72. The normalized spacial score (nSPS) is 10.3. The first kappa shape index (κ1) is 10.5. The highest BCUT2D eigenvalue weighted by Gasteiger charge is 2.10. The van der Waals surface area contributed by atoms with Crippen LogP contribution in [-0.4, -0.2) is 29.4 Å². The van der Waals surface area contributed by atoms with Crippen LogP contribution in [0.5, 0.6) is 0 Å². The highest BCUT2D eigenvalue weighted by molar-refractivity contribution is 5.98. The summed E-state index contributed by atoms with van der Waals surface area (Å²) in [6.07, 6.45) is 3.58. The molecule has 1 heterocycles. The van der Waals surface area contributed by atoms with E-state index in [2.05, 4.69) is 11.6 Å². The van der Waals surface area contributed by atoms with Gasteiger partial charge in [-0.1, -0.05) is 6.08 Å². The van der Waals surface area contributed by atoms with Crippen LogP contribution in [0.15, 0.2) is 43.1 Å². The summed E-state index contributed by atoms with van der Waals surface area (Å²) in [5.41, 5.74) is 1.75. The second-order valence-electron chi connectivity index (χ2n) is 3.75. The second-order valence-corrected chi connectivity index (χ2v) is 3.75. The highest BCUT2D eigenvalue weighted by Crippen LogP contribution is 2.15. The number of amides is 1. The SMILES string of the molecule is C=CCN(C)C(=O)c1ccc2[nH]ccc2c1. The molecule has 2 rings (SSSR count). The molecule has 0 aliphatic rings. The van der Waals surface area contributed by atoms with E-state index in [0.29, 0.717) is 12.1 Å². The fraction of sp³-hybridized carbons (Fsp3) is 0.154. The van der Waals surface area contributed by atoms with E-state index in [1.807, 2.05) is 30.5 Å². The predicted octanol–water partition coefficient (Wildman–Crippen LogP) is 2.43. The summed E-state index contributed by atoms with van der Waals surface area (Å²) in [5, 5.41) is 1.05. The number of carbonyl (C=O) groups excluding carboxylic acids is 1. The van der Waals surface area contributed by atoms with Gasteiger partial charge in [0.25, 0.3) is 5.91 Å². The van der Waals surface area contributed by atoms with Crippen molar-refractivity contribution in [1.82, 2.24) is 9.88 Å². The van der Waals surface area contributed by atoms with Crippen molar-refractivity contribution in [3.8, 4) is 0 Å². The zero-order valence-electron chi connectivity index (χ0n) is 9.23. The average Bonchev–Trinajstić information content (AvgIpc) is 2.75. The van der Waals surface area contributed by atoms with Gasteiger partial charge < -0.3 is 9.88 Å². The standard InChI is InChI=1S/C13H14N2O/c1-3-8-15(2)13(16)11-4-5-12-10(9-11)6-7-14-12/h3-7,9,14H,1,8H2,2H3. The molecule has 2 aromatic rings. The topological polar surface area (TPSA) is 36.1 Å². The van der Waals surface area contributed by atoms with E-state index in [0.717, 1.165) is 10.9 Å². The van der Waals surface area contributed by atoms with Crippen LogP contribution in [-0.2, 0) is 0 Å². The number of aromatic amines is 1. The average molecular weight is 214 g/mol. The molecule has 82 valence electrons. The van der Waals surface area contributed by atoms with Crippen LogP contribution in [0, 0.1) is 0 Å². The second kappa shape index (κ2) is 4.23. The van der Waals surface area contributed by atoms with E-state index < -0.39 is 0 Å².